The van der Waals surface area contributed by atoms with E-state index in [0.29, 0.717) is 16.7 Å². The van der Waals surface area contributed by atoms with Gasteiger partial charge in [-0.2, -0.15) is 0 Å². The summed E-state index contributed by atoms with van der Waals surface area (Å²) in [4.78, 5) is 31.6. The Morgan fingerprint density at radius 1 is 1.27 bits per heavy atom. The van der Waals surface area contributed by atoms with Crippen LogP contribution in [0.25, 0.3) is 16.9 Å². The number of nitrogens with two attached hydrogens (primary N) is 1. The summed E-state index contributed by atoms with van der Waals surface area (Å²) in [5.74, 6) is 0.0000766. The van der Waals surface area contributed by atoms with Crippen molar-refractivity contribution in [3.63, 3.8) is 0 Å². The van der Waals surface area contributed by atoms with Crippen LogP contribution in [0.15, 0.2) is 42.9 Å². The lowest BCUT2D eigenvalue weighted by Gasteiger charge is -2.08. The van der Waals surface area contributed by atoms with Crippen LogP contribution in [0.3, 0.4) is 0 Å². The third kappa shape index (κ3) is 3.43. The van der Waals surface area contributed by atoms with Crippen molar-refractivity contribution in [1.82, 2.24) is 14.5 Å². The summed E-state index contributed by atoms with van der Waals surface area (Å²) in [6, 6.07) is 6.78. The van der Waals surface area contributed by atoms with Crippen molar-refractivity contribution in [1.29, 1.82) is 0 Å². The van der Waals surface area contributed by atoms with E-state index in [9.17, 15) is 9.59 Å². The second kappa shape index (κ2) is 6.97. The summed E-state index contributed by atoms with van der Waals surface area (Å²) in [5.41, 5.74) is 8.18. The molecule has 0 spiro atoms. The van der Waals surface area contributed by atoms with Gasteiger partial charge in [-0.1, -0.05) is 11.6 Å². The van der Waals surface area contributed by atoms with Gasteiger partial charge in [0.15, 0.2) is 5.82 Å². The molecule has 0 radical (unpaired) electrons. The smallest absolute Gasteiger partial charge is 0.265 e. The number of nitrogens with one attached hydrogen (secondary N) is 1. The van der Waals surface area contributed by atoms with Crippen LogP contribution < -0.4 is 11.1 Å². The largest absolute Gasteiger partial charge is 0.364 e. The predicted molar refractivity (Wildman–Crippen MR) is 99.4 cm³/mol. The topological polar surface area (TPSA) is 103 Å². The number of hydrogen-bond donors (Lipinski definition) is 2. The minimum absolute atomic E-state index is 0.219. The van der Waals surface area contributed by atoms with E-state index in [2.05, 4.69) is 15.3 Å². The maximum absolute atomic E-state index is 11.9. The number of primary amides is 1. The standard InChI is InChI=1S/C18H16ClN5O2/c1-10-8-22-16(23-11(2)25)7-13(10)12-6-15(17(20)26)24(9-12)18-14(19)4-3-5-21-18/h3-9H,1-2H3,(H2,20,26)(H,22,23,25). The van der Waals surface area contributed by atoms with Gasteiger partial charge in [0.05, 0.1) is 5.02 Å². The number of aryl methyl sites for hydroxylation is 1. The van der Waals surface area contributed by atoms with Gasteiger partial charge in [-0.3, -0.25) is 14.2 Å². The second-order valence-corrected chi connectivity index (χ2v) is 6.13. The molecule has 3 rings (SSSR count). The van der Waals surface area contributed by atoms with Crippen molar-refractivity contribution < 1.29 is 9.59 Å². The molecule has 3 aromatic heterocycles. The highest BCUT2D eigenvalue weighted by Gasteiger charge is 2.17. The number of hydrogen-bond acceptors (Lipinski definition) is 4. The van der Waals surface area contributed by atoms with Gasteiger partial charge in [0.1, 0.15) is 11.5 Å². The Kier molecular flexibility index (Phi) is 4.73. The van der Waals surface area contributed by atoms with Gasteiger partial charge in [0, 0.05) is 31.1 Å². The number of carbonyl (C=O) groups is 2. The van der Waals surface area contributed by atoms with Crippen LogP contribution in [0.1, 0.15) is 23.0 Å². The Labute approximate surface area is 154 Å². The number of carbonyl (C=O) groups excluding carboxylic acids is 2. The molecule has 8 heteroatoms. The Morgan fingerprint density at radius 3 is 2.69 bits per heavy atom. The fourth-order valence-corrected chi connectivity index (χ4v) is 2.83. The number of nitrogens with zero attached hydrogens (tertiary/aromatic N) is 3. The molecule has 0 saturated heterocycles. The lowest BCUT2D eigenvalue weighted by Crippen LogP contribution is -2.16. The number of halogens is 1. The fraction of sp³-hybridized carbons (Fsp3) is 0.111. The first-order chi connectivity index (χ1) is 12.4. The molecule has 2 amide bonds. The maximum atomic E-state index is 11.9. The predicted octanol–water partition coefficient (Wildman–Crippen LogP) is 2.95. The van der Waals surface area contributed by atoms with Crippen molar-refractivity contribution in [3.05, 3.63) is 59.1 Å². The highest BCUT2D eigenvalue weighted by Crippen LogP contribution is 2.30. The third-order valence-corrected chi connectivity index (χ3v) is 4.05. The molecule has 0 saturated carbocycles. The Hall–Kier alpha value is -3.19. The van der Waals surface area contributed by atoms with Crippen LogP contribution >= 0.6 is 11.6 Å². The second-order valence-electron chi connectivity index (χ2n) is 5.72. The van der Waals surface area contributed by atoms with E-state index >= 15 is 0 Å². The number of anilines is 1. The number of aromatic nitrogens is 3. The van der Waals surface area contributed by atoms with E-state index in [1.165, 1.54) is 6.92 Å². The molecule has 0 aromatic carbocycles. The molecule has 3 heterocycles. The first-order valence-electron chi connectivity index (χ1n) is 7.74. The zero-order chi connectivity index (χ0) is 18.8. The zero-order valence-electron chi connectivity index (χ0n) is 14.2. The van der Waals surface area contributed by atoms with Crippen LogP contribution in [0, 0.1) is 6.92 Å². The fourth-order valence-electron chi connectivity index (χ4n) is 2.61. The average Bonchev–Trinajstić information content (AvgIpc) is 3.01. The number of rotatable bonds is 4. The summed E-state index contributed by atoms with van der Waals surface area (Å²) < 4.78 is 1.55. The van der Waals surface area contributed by atoms with Crippen LogP contribution in [-0.2, 0) is 4.79 Å². The van der Waals surface area contributed by atoms with E-state index in [1.54, 1.807) is 47.4 Å². The molecule has 3 aromatic rings. The summed E-state index contributed by atoms with van der Waals surface area (Å²) in [5, 5.41) is 3.04. The summed E-state index contributed by atoms with van der Waals surface area (Å²) in [7, 11) is 0. The molecular weight excluding hydrogens is 354 g/mol. The minimum atomic E-state index is -0.605. The Bertz CT molecular complexity index is 1010. The maximum Gasteiger partial charge on any atom is 0.265 e. The molecule has 7 nitrogen and oxygen atoms in total. The minimum Gasteiger partial charge on any atom is -0.364 e. The van der Waals surface area contributed by atoms with Crippen LogP contribution in [-0.4, -0.2) is 26.3 Å². The van der Waals surface area contributed by atoms with E-state index in [0.717, 1.165) is 16.7 Å². The van der Waals surface area contributed by atoms with Crippen molar-refractivity contribution in [2.75, 3.05) is 5.32 Å². The van der Waals surface area contributed by atoms with Gasteiger partial charge in [0.2, 0.25) is 5.91 Å². The molecule has 3 N–H and O–H groups in total. The first-order valence-corrected chi connectivity index (χ1v) is 8.12. The monoisotopic (exact) mass is 369 g/mol. The molecule has 0 unspecified atom stereocenters. The molecule has 0 atom stereocenters. The van der Waals surface area contributed by atoms with Gasteiger partial charge in [-0.25, -0.2) is 9.97 Å². The quantitative estimate of drug-likeness (QED) is 0.737. The number of amides is 2. The van der Waals surface area contributed by atoms with Gasteiger partial charge in [-0.05, 0) is 42.3 Å². The van der Waals surface area contributed by atoms with Crippen LogP contribution in [0.4, 0.5) is 5.82 Å². The molecule has 0 fully saturated rings. The van der Waals surface area contributed by atoms with Crippen molar-refractivity contribution in [2.45, 2.75) is 13.8 Å². The van der Waals surface area contributed by atoms with E-state index < -0.39 is 5.91 Å². The Balaban J connectivity index is 2.16. The molecule has 0 aliphatic heterocycles. The Morgan fingerprint density at radius 2 is 2.04 bits per heavy atom. The SMILES string of the molecule is CC(=O)Nc1cc(-c2cc(C(N)=O)n(-c3ncccc3Cl)c2)c(C)cn1. The molecule has 132 valence electrons. The van der Waals surface area contributed by atoms with E-state index in [4.69, 9.17) is 17.3 Å². The van der Waals surface area contributed by atoms with Crippen molar-refractivity contribution in [2.24, 2.45) is 5.73 Å². The summed E-state index contributed by atoms with van der Waals surface area (Å²) in [6.45, 7) is 3.29. The van der Waals surface area contributed by atoms with Gasteiger partial charge in [0.25, 0.3) is 5.91 Å². The third-order valence-electron chi connectivity index (χ3n) is 3.76. The lowest BCUT2D eigenvalue weighted by atomic mass is 10.1. The van der Waals surface area contributed by atoms with Gasteiger partial charge in [-0.15, -0.1) is 0 Å². The van der Waals surface area contributed by atoms with Crippen molar-refractivity contribution >= 4 is 29.2 Å². The molecule has 0 bridgehead atoms. The first kappa shape index (κ1) is 17.6. The average molecular weight is 370 g/mol. The molecule has 0 aliphatic rings. The molecule has 26 heavy (non-hydrogen) atoms. The van der Waals surface area contributed by atoms with E-state index in [1.807, 2.05) is 6.92 Å². The van der Waals surface area contributed by atoms with Gasteiger partial charge < -0.3 is 11.1 Å². The molecule has 0 aliphatic carbocycles. The summed E-state index contributed by atoms with van der Waals surface area (Å²) >= 11 is 6.21. The van der Waals surface area contributed by atoms with Gasteiger partial charge >= 0.3 is 0 Å². The number of pyridine rings is 2. The zero-order valence-corrected chi connectivity index (χ0v) is 14.9. The van der Waals surface area contributed by atoms with E-state index in [-0.39, 0.29) is 11.6 Å². The highest BCUT2D eigenvalue weighted by molar-refractivity contribution is 6.32. The summed E-state index contributed by atoms with van der Waals surface area (Å²) in [6.07, 6.45) is 4.96. The highest BCUT2D eigenvalue weighted by atomic mass is 35.5. The van der Waals surface area contributed by atoms with Crippen LogP contribution in [0.2, 0.25) is 5.02 Å². The van der Waals surface area contributed by atoms with Crippen LogP contribution in [0.5, 0.6) is 0 Å². The normalized spacial score (nSPS) is 10.6. The molecular formula is C18H16ClN5O2. The lowest BCUT2D eigenvalue weighted by molar-refractivity contribution is -0.114. The van der Waals surface area contributed by atoms with Crippen molar-refractivity contribution in [3.8, 4) is 16.9 Å².